The number of unbranched alkanes of at least 4 members (excludes halogenated alkanes) is 1. The van der Waals surface area contributed by atoms with E-state index < -0.39 is 0 Å². The molecular weight excluding hydrogens is 440 g/mol. The lowest BCUT2D eigenvalue weighted by Crippen LogP contribution is -2.37. The maximum absolute atomic E-state index is 13.7. The van der Waals surface area contributed by atoms with Crippen LogP contribution in [0.2, 0.25) is 0 Å². The average molecular weight is 475 g/mol. The highest BCUT2D eigenvalue weighted by Crippen LogP contribution is 2.37. The van der Waals surface area contributed by atoms with E-state index in [1.165, 1.54) is 0 Å². The van der Waals surface area contributed by atoms with Gasteiger partial charge in [-0.1, -0.05) is 43.7 Å². The molecule has 1 atom stereocenters. The van der Waals surface area contributed by atoms with Crippen LogP contribution in [0.3, 0.4) is 0 Å². The number of aryl methyl sites for hydroxylation is 1. The Balaban J connectivity index is 1.63. The summed E-state index contributed by atoms with van der Waals surface area (Å²) in [5, 5.41) is 0.998. The number of carbonyl (C=O) groups is 1. The van der Waals surface area contributed by atoms with Gasteiger partial charge in [0.05, 0.1) is 30.5 Å². The molecule has 0 radical (unpaired) electrons. The van der Waals surface area contributed by atoms with Crippen LogP contribution in [0.5, 0.6) is 0 Å². The number of hydrogen-bond donors (Lipinski definition) is 0. The smallest absolute Gasteiger partial charge is 0.325 e. The molecule has 1 unspecified atom stereocenters. The predicted octanol–water partition coefficient (Wildman–Crippen LogP) is 4.64. The molecule has 5 rings (SSSR count). The number of morpholine rings is 1. The molecule has 3 aromatic rings. The van der Waals surface area contributed by atoms with Crippen molar-refractivity contribution in [1.82, 2.24) is 9.47 Å². The van der Waals surface area contributed by atoms with Gasteiger partial charge in [-0.3, -0.25) is 9.69 Å². The third kappa shape index (κ3) is 4.41. The van der Waals surface area contributed by atoms with Crippen molar-refractivity contribution in [2.45, 2.75) is 39.3 Å². The van der Waals surface area contributed by atoms with Crippen molar-refractivity contribution in [2.24, 2.45) is 0 Å². The van der Waals surface area contributed by atoms with E-state index in [-0.39, 0.29) is 17.6 Å². The molecule has 3 heterocycles. The zero-order valence-electron chi connectivity index (χ0n) is 20.7. The van der Waals surface area contributed by atoms with E-state index in [2.05, 4.69) is 30.0 Å². The second-order valence-electron chi connectivity index (χ2n) is 9.29. The molecule has 2 amide bonds. The minimum absolute atomic E-state index is 0.000562. The van der Waals surface area contributed by atoms with Crippen molar-refractivity contribution in [3.05, 3.63) is 70.5 Å². The summed E-state index contributed by atoms with van der Waals surface area (Å²) in [6.07, 6.45) is 2.04. The van der Waals surface area contributed by atoms with E-state index in [1.54, 1.807) is 10.6 Å². The van der Waals surface area contributed by atoms with E-state index in [1.807, 2.05) is 47.1 Å². The predicted molar refractivity (Wildman–Crippen MR) is 140 cm³/mol. The summed E-state index contributed by atoms with van der Waals surface area (Å²) in [6, 6.07) is 18.1. The van der Waals surface area contributed by atoms with Gasteiger partial charge in [0.15, 0.2) is 0 Å². The number of carbonyl (C=O) groups excluding carboxylic acids is 1. The van der Waals surface area contributed by atoms with Crippen LogP contribution >= 0.6 is 0 Å². The fourth-order valence-electron chi connectivity index (χ4n) is 5.31. The van der Waals surface area contributed by atoms with Gasteiger partial charge in [-0.05, 0) is 37.1 Å². The van der Waals surface area contributed by atoms with E-state index in [0.29, 0.717) is 26.3 Å². The molecule has 0 aliphatic carbocycles. The fraction of sp³-hybridized carbons (Fsp3) is 0.429. The summed E-state index contributed by atoms with van der Waals surface area (Å²) in [4.78, 5) is 32.7. The lowest BCUT2D eigenvalue weighted by molar-refractivity contribution is 0.123. The summed E-state index contributed by atoms with van der Waals surface area (Å²) in [5.74, 6) is 0. The summed E-state index contributed by atoms with van der Waals surface area (Å²) in [6.45, 7) is 8.95. The second-order valence-corrected chi connectivity index (χ2v) is 9.29. The first-order valence-corrected chi connectivity index (χ1v) is 12.8. The summed E-state index contributed by atoms with van der Waals surface area (Å²) >= 11 is 0. The molecule has 2 aliphatic rings. The third-order valence-corrected chi connectivity index (χ3v) is 7.17. The van der Waals surface area contributed by atoms with Crippen molar-refractivity contribution in [2.75, 3.05) is 49.2 Å². The molecule has 0 saturated carbocycles. The summed E-state index contributed by atoms with van der Waals surface area (Å²) < 4.78 is 7.35. The van der Waals surface area contributed by atoms with Crippen LogP contribution < -0.4 is 15.4 Å². The number of nitrogens with zero attached hydrogens (tertiary/aromatic N) is 4. The van der Waals surface area contributed by atoms with E-state index >= 15 is 0 Å². The molecular formula is C28H34N4O3. The Morgan fingerprint density at radius 3 is 2.46 bits per heavy atom. The van der Waals surface area contributed by atoms with Gasteiger partial charge < -0.3 is 19.1 Å². The van der Waals surface area contributed by atoms with Gasteiger partial charge in [0.25, 0.3) is 5.56 Å². The Hall–Kier alpha value is -3.32. The number of rotatable bonds is 7. The molecule has 7 heteroatoms. The van der Waals surface area contributed by atoms with Crippen molar-refractivity contribution in [1.29, 1.82) is 0 Å². The Bertz CT molecular complexity index is 1250. The molecule has 184 valence electrons. The van der Waals surface area contributed by atoms with Crippen LogP contribution in [-0.2, 0) is 11.3 Å². The number of amides is 2. The highest BCUT2D eigenvalue weighted by molar-refractivity contribution is 6.00. The fourth-order valence-corrected chi connectivity index (χ4v) is 5.31. The summed E-state index contributed by atoms with van der Waals surface area (Å²) in [5.41, 5.74) is 3.82. The minimum atomic E-state index is -0.0538. The normalized spacial score (nSPS) is 18.6. The number of pyridine rings is 1. The molecule has 0 spiro atoms. The minimum Gasteiger partial charge on any atom is -0.378 e. The molecule has 2 aromatic carbocycles. The van der Waals surface area contributed by atoms with Crippen molar-refractivity contribution in [3.8, 4) is 0 Å². The van der Waals surface area contributed by atoms with Crippen molar-refractivity contribution < 1.29 is 9.53 Å². The first kappa shape index (κ1) is 23.4. The highest BCUT2D eigenvalue weighted by Gasteiger charge is 2.39. The van der Waals surface area contributed by atoms with Crippen LogP contribution in [0.25, 0.3) is 10.9 Å². The average Bonchev–Trinajstić information content (AvgIpc) is 3.23. The standard InChI is InChI=1S/C28H34N4O3/c1-3-5-13-30-20-26(21-9-7-6-8-10-21)32(28(30)34)22-11-12-24-23(18-22)25(19-27(33)31(24)4-2)29-14-16-35-17-15-29/h6-12,18-19,26H,3-5,13-17,20H2,1-2H3. The van der Waals surface area contributed by atoms with Crippen LogP contribution in [0.15, 0.2) is 59.4 Å². The van der Waals surface area contributed by atoms with Crippen LogP contribution in [-0.4, -0.2) is 54.9 Å². The van der Waals surface area contributed by atoms with Gasteiger partial charge in [0.2, 0.25) is 0 Å². The van der Waals surface area contributed by atoms with Crippen LogP contribution in [0.4, 0.5) is 16.2 Å². The third-order valence-electron chi connectivity index (χ3n) is 7.17. The van der Waals surface area contributed by atoms with Gasteiger partial charge >= 0.3 is 6.03 Å². The first-order chi connectivity index (χ1) is 17.1. The zero-order valence-corrected chi connectivity index (χ0v) is 20.7. The lowest BCUT2D eigenvalue weighted by Gasteiger charge is -2.31. The van der Waals surface area contributed by atoms with Gasteiger partial charge in [-0.15, -0.1) is 0 Å². The van der Waals surface area contributed by atoms with Gasteiger partial charge in [0, 0.05) is 49.9 Å². The number of anilines is 2. The van der Waals surface area contributed by atoms with Crippen LogP contribution in [0.1, 0.15) is 38.3 Å². The molecule has 35 heavy (non-hydrogen) atoms. The maximum atomic E-state index is 13.7. The zero-order chi connectivity index (χ0) is 24.4. The number of urea groups is 1. The number of ether oxygens (including phenoxy) is 1. The largest absolute Gasteiger partial charge is 0.378 e. The quantitative estimate of drug-likeness (QED) is 0.501. The molecule has 2 aliphatic heterocycles. The van der Waals surface area contributed by atoms with E-state index in [9.17, 15) is 9.59 Å². The monoisotopic (exact) mass is 474 g/mol. The lowest BCUT2D eigenvalue weighted by atomic mass is 10.0. The van der Waals surface area contributed by atoms with Gasteiger partial charge in [-0.2, -0.15) is 0 Å². The molecule has 2 saturated heterocycles. The van der Waals surface area contributed by atoms with E-state index in [0.717, 1.165) is 60.3 Å². The molecule has 0 bridgehead atoms. The summed E-state index contributed by atoms with van der Waals surface area (Å²) in [7, 11) is 0. The topological polar surface area (TPSA) is 58.0 Å². The molecule has 2 fully saturated rings. The SMILES string of the molecule is CCCCN1CC(c2ccccc2)N(c2ccc3c(c2)c(N2CCOCC2)cc(=O)n3CC)C1=O. The molecule has 1 aromatic heterocycles. The number of aromatic nitrogens is 1. The Morgan fingerprint density at radius 1 is 0.971 bits per heavy atom. The highest BCUT2D eigenvalue weighted by atomic mass is 16.5. The van der Waals surface area contributed by atoms with Gasteiger partial charge in [0.1, 0.15) is 0 Å². The second kappa shape index (κ2) is 10.1. The van der Waals surface area contributed by atoms with E-state index in [4.69, 9.17) is 4.74 Å². The number of benzene rings is 2. The maximum Gasteiger partial charge on any atom is 0.325 e. The first-order valence-electron chi connectivity index (χ1n) is 12.8. The Kier molecular flexibility index (Phi) is 6.77. The number of fused-ring (bicyclic) bond motifs is 1. The molecule has 0 N–H and O–H groups in total. The Labute approximate surface area is 206 Å². The van der Waals surface area contributed by atoms with Crippen molar-refractivity contribution >= 4 is 28.3 Å². The molecule has 7 nitrogen and oxygen atoms in total. The van der Waals surface area contributed by atoms with Crippen LogP contribution in [0, 0.1) is 0 Å². The van der Waals surface area contributed by atoms with Gasteiger partial charge in [-0.25, -0.2) is 4.79 Å². The Morgan fingerprint density at radius 2 is 1.74 bits per heavy atom. The number of hydrogen-bond acceptors (Lipinski definition) is 4. The van der Waals surface area contributed by atoms with Crippen molar-refractivity contribution in [3.63, 3.8) is 0 Å².